The van der Waals surface area contributed by atoms with E-state index in [1.165, 1.54) is 0 Å². The Morgan fingerprint density at radius 3 is 2.93 bits per heavy atom. The van der Waals surface area contributed by atoms with Crippen LogP contribution in [-0.4, -0.2) is 60.2 Å². The summed E-state index contributed by atoms with van der Waals surface area (Å²) in [4.78, 5) is 4.59. The maximum absolute atomic E-state index is 10.2. The SMILES string of the molecule is CCC1CC(O)CC1c1nnc2cnc3c(ccn3COCC[S+](C)C)n12. The monoisotopic (exact) mass is 390 g/mol. The molecule has 7 nitrogen and oxygen atoms in total. The first-order chi connectivity index (χ1) is 13.1. The molecule has 3 aromatic heterocycles. The molecule has 0 aromatic carbocycles. The van der Waals surface area contributed by atoms with Crippen molar-refractivity contribution in [2.45, 2.75) is 44.9 Å². The normalized spacial score (nSPS) is 23.2. The minimum absolute atomic E-state index is 0.234. The molecule has 3 aromatic rings. The number of rotatable bonds is 7. The molecule has 0 spiro atoms. The van der Waals surface area contributed by atoms with E-state index in [1.807, 2.05) is 10.8 Å². The maximum Gasteiger partial charge on any atom is 0.179 e. The predicted octanol–water partition coefficient (Wildman–Crippen LogP) is 2.20. The fourth-order valence-corrected chi connectivity index (χ4v) is 4.57. The average Bonchev–Trinajstić information content (AvgIpc) is 3.33. The van der Waals surface area contributed by atoms with Crippen LogP contribution in [0.25, 0.3) is 16.8 Å². The summed E-state index contributed by atoms with van der Waals surface area (Å²) in [5.74, 6) is 2.70. The first-order valence-corrected chi connectivity index (χ1v) is 11.8. The zero-order valence-corrected chi connectivity index (χ0v) is 17.0. The third-order valence-electron chi connectivity index (χ3n) is 5.56. The molecule has 1 fully saturated rings. The molecule has 1 aliphatic rings. The van der Waals surface area contributed by atoms with E-state index in [1.54, 1.807) is 6.20 Å². The lowest BCUT2D eigenvalue weighted by molar-refractivity contribution is 0.0924. The molecule has 1 N–H and O–H groups in total. The Kier molecular flexibility index (Phi) is 5.39. The van der Waals surface area contributed by atoms with Crippen LogP contribution in [0.15, 0.2) is 18.5 Å². The Morgan fingerprint density at radius 1 is 1.30 bits per heavy atom. The van der Waals surface area contributed by atoms with Crippen LogP contribution in [0.2, 0.25) is 0 Å². The Morgan fingerprint density at radius 2 is 2.15 bits per heavy atom. The van der Waals surface area contributed by atoms with Crippen LogP contribution in [0.5, 0.6) is 0 Å². The summed E-state index contributed by atoms with van der Waals surface area (Å²) in [5, 5.41) is 19.0. The van der Waals surface area contributed by atoms with E-state index in [4.69, 9.17) is 4.74 Å². The number of fused-ring (bicyclic) bond motifs is 3. The highest BCUT2D eigenvalue weighted by molar-refractivity contribution is 7.95. The zero-order chi connectivity index (χ0) is 19.0. The number of hydrogen-bond acceptors (Lipinski definition) is 5. The van der Waals surface area contributed by atoms with Gasteiger partial charge in [0.25, 0.3) is 0 Å². The van der Waals surface area contributed by atoms with Crippen LogP contribution in [-0.2, 0) is 22.4 Å². The van der Waals surface area contributed by atoms with Gasteiger partial charge in [-0.15, -0.1) is 10.2 Å². The van der Waals surface area contributed by atoms with Gasteiger partial charge in [0.15, 0.2) is 11.3 Å². The lowest BCUT2D eigenvalue weighted by atomic mass is 9.93. The molecule has 1 aliphatic carbocycles. The van der Waals surface area contributed by atoms with Gasteiger partial charge >= 0.3 is 0 Å². The highest BCUT2D eigenvalue weighted by Gasteiger charge is 2.36. The largest absolute Gasteiger partial charge is 0.393 e. The third kappa shape index (κ3) is 3.58. The maximum atomic E-state index is 10.2. The van der Waals surface area contributed by atoms with Crippen LogP contribution in [0.3, 0.4) is 0 Å². The van der Waals surface area contributed by atoms with Crippen molar-refractivity contribution in [1.29, 1.82) is 0 Å². The summed E-state index contributed by atoms with van der Waals surface area (Å²) in [7, 11) is 0.393. The number of ether oxygens (including phenoxy) is 1. The number of aliphatic hydroxyl groups is 1. The summed E-state index contributed by atoms with van der Waals surface area (Å²) < 4.78 is 9.97. The Bertz CT molecular complexity index is 921. The topological polar surface area (TPSA) is 77.5 Å². The summed E-state index contributed by atoms with van der Waals surface area (Å²) in [6.45, 7) is 3.44. The lowest BCUT2D eigenvalue weighted by Crippen LogP contribution is -2.12. The van der Waals surface area contributed by atoms with Gasteiger partial charge in [0.1, 0.15) is 18.3 Å². The molecule has 0 radical (unpaired) electrons. The molecule has 0 saturated heterocycles. The molecule has 27 heavy (non-hydrogen) atoms. The predicted molar refractivity (Wildman–Crippen MR) is 108 cm³/mol. The Hall–Kier alpha value is -1.64. The summed E-state index contributed by atoms with van der Waals surface area (Å²) in [6.07, 6.45) is 10.6. The van der Waals surface area contributed by atoms with Crippen molar-refractivity contribution >= 4 is 27.7 Å². The minimum Gasteiger partial charge on any atom is -0.393 e. The molecular weight excluding hydrogens is 362 g/mol. The Labute approximate surface area is 162 Å². The number of aliphatic hydroxyl groups excluding tert-OH is 1. The van der Waals surface area contributed by atoms with Crippen LogP contribution in [0.4, 0.5) is 0 Å². The van der Waals surface area contributed by atoms with E-state index in [2.05, 4.69) is 45.1 Å². The molecule has 8 heteroatoms. The van der Waals surface area contributed by atoms with Crippen molar-refractivity contribution in [1.82, 2.24) is 24.1 Å². The lowest BCUT2D eigenvalue weighted by Gasteiger charge is -2.16. The highest BCUT2D eigenvalue weighted by atomic mass is 32.2. The van der Waals surface area contributed by atoms with E-state index in [0.717, 1.165) is 54.3 Å². The first kappa shape index (κ1) is 18.7. The minimum atomic E-state index is -0.246. The number of hydrogen-bond donors (Lipinski definition) is 1. The number of nitrogens with zero attached hydrogens (tertiary/aromatic N) is 5. The molecule has 1 saturated carbocycles. The summed E-state index contributed by atoms with van der Waals surface area (Å²) >= 11 is 0. The van der Waals surface area contributed by atoms with Gasteiger partial charge in [-0.05, 0) is 35.7 Å². The van der Waals surface area contributed by atoms with E-state index in [9.17, 15) is 5.11 Å². The second-order valence-corrected chi connectivity index (χ2v) is 10.0. The summed E-state index contributed by atoms with van der Waals surface area (Å²) in [5.41, 5.74) is 2.63. The van der Waals surface area contributed by atoms with Gasteiger partial charge in [-0.2, -0.15) is 0 Å². The molecular formula is C19H28N5O2S+. The average molecular weight is 391 g/mol. The molecule has 4 rings (SSSR count). The summed E-state index contributed by atoms with van der Waals surface area (Å²) in [6, 6.07) is 2.06. The first-order valence-electron chi connectivity index (χ1n) is 9.57. The molecule has 146 valence electrons. The van der Waals surface area contributed by atoms with Crippen LogP contribution in [0, 0.1) is 5.92 Å². The standard InChI is InChI=1S/C19H28N5O2S/c1-4-13-9-14(25)10-15(13)18-22-21-17-11-20-19-16(24(17)18)5-6-23(19)12-26-7-8-27(2)3/h5-6,11,13-15,25H,4,7-10,12H2,1-3H3/q+1. The van der Waals surface area contributed by atoms with Crippen molar-refractivity contribution in [2.24, 2.45) is 5.92 Å². The molecule has 0 bridgehead atoms. The fraction of sp³-hybridized carbons (Fsp3) is 0.632. The second kappa shape index (κ2) is 7.77. The molecule has 0 amide bonds. The number of aromatic nitrogens is 5. The van der Waals surface area contributed by atoms with Gasteiger partial charge < -0.3 is 14.4 Å². The molecule has 0 aliphatic heterocycles. The van der Waals surface area contributed by atoms with Crippen molar-refractivity contribution in [3.05, 3.63) is 24.3 Å². The van der Waals surface area contributed by atoms with E-state index < -0.39 is 0 Å². The van der Waals surface area contributed by atoms with Crippen LogP contribution in [0.1, 0.15) is 37.9 Å². The van der Waals surface area contributed by atoms with Crippen molar-refractivity contribution in [3.63, 3.8) is 0 Å². The van der Waals surface area contributed by atoms with E-state index >= 15 is 0 Å². The third-order valence-corrected chi connectivity index (χ3v) is 6.55. The molecule has 3 unspecified atom stereocenters. The zero-order valence-electron chi connectivity index (χ0n) is 16.2. The molecule has 3 atom stereocenters. The van der Waals surface area contributed by atoms with Crippen molar-refractivity contribution in [3.8, 4) is 0 Å². The van der Waals surface area contributed by atoms with Gasteiger partial charge in [0, 0.05) is 12.1 Å². The van der Waals surface area contributed by atoms with Gasteiger partial charge in [0.2, 0.25) is 0 Å². The second-order valence-electron chi connectivity index (χ2n) is 7.63. The highest BCUT2D eigenvalue weighted by Crippen LogP contribution is 2.41. The van der Waals surface area contributed by atoms with Crippen molar-refractivity contribution in [2.75, 3.05) is 24.9 Å². The fourth-order valence-electron chi connectivity index (χ4n) is 4.12. The van der Waals surface area contributed by atoms with Gasteiger partial charge in [-0.1, -0.05) is 13.3 Å². The van der Waals surface area contributed by atoms with E-state index in [0.29, 0.717) is 23.5 Å². The van der Waals surface area contributed by atoms with Crippen LogP contribution < -0.4 is 0 Å². The van der Waals surface area contributed by atoms with Gasteiger partial charge in [0.05, 0.1) is 36.9 Å². The van der Waals surface area contributed by atoms with Gasteiger partial charge in [-0.25, -0.2) is 4.98 Å². The van der Waals surface area contributed by atoms with Crippen molar-refractivity contribution < 1.29 is 9.84 Å². The quantitative estimate of drug-likeness (QED) is 0.494. The van der Waals surface area contributed by atoms with E-state index in [-0.39, 0.29) is 12.0 Å². The molecule has 3 heterocycles. The van der Waals surface area contributed by atoms with Crippen LogP contribution >= 0.6 is 0 Å². The smallest absolute Gasteiger partial charge is 0.179 e. The van der Waals surface area contributed by atoms with Gasteiger partial charge in [-0.3, -0.25) is 4.40 Å². The Balaban J connectivity index is 1.66.